The van der Waals surface area contributed by atoms with Crippen LogP contribution in [-0.4, -0.2) is 47.0 Å². The van der Waals surface area contributed by atoms with E-state index in [4.69, 9.17) is 26.8 Å². The van der Waals surface area contributed by atoms with Crippen LogP contribution in [0.5, 0.6) is 11.5 Å². The second kappa shape index (κ2) is 11.8. The number of benzene rings is 2. The van der Waals surface area contributed by atoms with E-state index in [1.807, 2.05) is 18.2 Å². The van der Waals surface area contributed by atoms with Gasteiger partial charge in [0.1, 0.15) is 18.1 Å². The Labute approximate surface area is 224 Å². The molecule has 0 aliphatic carbocycles. The highest BCUT2D eigenvalue weighted by molar-refractivity contribution is 6.32. The third kappa shape index (κ3) is 6.34. The number of amides is 1. The van der Waals surface area contributed by atoms with E-state index in [9.17, 15) is 9.18 Å². The molecule has 0 aliphatic rings. The summed E-state index contributed by atoms with van der Waals surface area (Å²) in [6.45, 7) is 0.296. The quantitative estimate of drug-likeness (QED) is 0.273. The van der Waals surface area contributed by atoms with Crippen LogP contribution in [0.25, 0.3) is 10.9 Å². The molecule has 0 spiro atoms. The molecule has 1 unspecified atom stereocenters. The number of likely N-dealkylation sites (N-methyl/N-ethyl adjacent to an activating group) is 1. The molecule has 0 fully saturated rings. The summed E-state index contributed by atoms with van der Waals surface area (Å²) in [6.07, 6.45) is 4.49. The lowest BCUT2D eigenvalue weighted by Crippen LogP contribution is -2.21. The van der Waals surface area contributed by atoms with Gasteiger partial charge in [-0.2, -0.15) is 0 Å². The minimum Gasteiger partial charge on any atom is -0.496 e. The number of primary amides is 1. The minimum atomic E-state index is -1.14. The fraction of sp³-hybridized carbons (Fsp3) is 0.185. The van der Waals surface area contributed by atoms with Gasteiger partial charge in [-0.3, -0.25) is 14.7 Å². The van der Waals surface area contributed by atoms with Crippen LogP contribution in [0.3, 0.4) is 0 Å². The average molecular weight is 537 g/mol. The molecule has 196 valence electrons. The summed E-state index contributed by atoms with van der Waals surface area (Å²) in [7, 11) is 5.01. The smallest absolute Gasteiger partial charge is 0.277 e. The van der Waals surface area contributed by atoms with Gasteiger partial charge in [-0.1, -0.05) is 17.7 Å². The van der Waals surface area contributed by atoms with E-state index in [1.54, 1.807) is 61.7 Å². The molecule has 0 saturated carbocycles. The molecule has 0 aliphatic heterocycles. The zero-order valence-corrected chi connectivity index (χ0v) is 21.7. The number of pyridine rings is 1. The number of rotatable bonds is 10. The third-order valence-corrected chi connectivity index (χ3v) is 5.93. The van der Waals surface area contributed by atoms with E-state index in [0.29, 0.717) is 51.2 Å². The number of nitrogens with zero attached hydrogens (tertiary/aromatic N) is 4. The fourth-order valence-electron chi connectivity index (χ4n) is 3.74. The van der Waals surface area contributed by atoms with Gasteiger partial charge in [-0.25, -0.2) is 14.4 Å². The highest BCUT2D eigenvalue weighted by atomic mass is 35.5. The lowest BCUT2D eigenvalue weighted by molar-refractivity contribution is -0.115. The molecule has 1 atom stereocenters. The minimum absolute atomic E-state index is 0.296. The maximum Gasteiger partial charge on any atom is 0.277 e. The molecule has 4 rings (SSSR count). The fourth-order valence-corrected chi connectivity index (χ4v) is 3.98. The molecule has 0 radical (unpaired) electrons. The molecule has 4 aromatic rings. The molecule has 2 heterocycles. The van der Waals surface area contributed by atoms with Crippen molar-refractivity contribution in [1.82, 2.24) is 19.9 Å². The van der Waals surface area contributed by atoms with E-state index >= 15 is 0 Å². The molecule has 2 aromatic heterocycles. The van der Waals surface area contributed by atoms with E-state index in [2.05, 4.69) is 20.3 Å². The number of nitrogens with two attached hydrogens (primary N) is 1. The Kier molecular flexibility index (Phi) is 8.35. The summed E-state index contributed by atoms with van der Waals surface area (Å²) in [5.74, 6) is -0.838. The number of nitrogens with one attached hydrogen (secondary N) is 1. The van der Waals surface area contributed by atoms with Crippen LogP contribution in [0, 0.1) is 0 Å². The molecule has 2 aromatic carbocycles. The molecular weight excluding hydrogens is 511 g/mol. The molecule has 0 bridgehead atoms. The van der Waals surface area contributed by atoms with Crippen molar-refractivity contribution in [2.24, 2.45) is 5.73 Å². The number of hydrogen-bond donors (Lipinski definition) is 2. The number of fused-ring (bicyclic) bond motifs is 1. The lowest BCUT2D eigenvalue weighted by Gasteiger charge is -2.24. The standard InChI is InChI=1S/C27H26ClFN6O3/c1-35(2)23(12-21(29)26(30)36)19-10-16-14-32-27(34-22(16)13-25(19)37-3)33-17-7-8-24(20(28)11-17)38-15-18-6-4-5-9-31-18/h4-14,23H,15H2,1-3H3,(H2,30,36)(H,32,33,34). The normalized spacial score (nSPS) is 12.4. The zero-order valence-electron chi connectivity index (χ0n) is 21.0. The van der Waals surface area contributed by atoms with Gasteiger partial charge in [-0.15, -0.1) is 0 Å². The van der Waals surface area contributed by atoms with Crippen LogP contribution in [0.4, 0.5) is 16.0 Å². The number of halogens is 2. The number of ether oxygens (including phenoxy) is 2. The summed E-state index contributed by atoms with van der Waals surface area (Å²) in [5.41, 5.74) is 7.77. The van der Waals surface area contributed by atoms with Crippen molar-refractivity contribution in [1.29, 1.82) is 0 Å². The van der Waals surface area contributed by atoms with E-state index in [-0.39, 0.29) is 0 Å². The molecule has 9 nitrogen and oxygen atoms in total. The van der Waals surface area contributed by atoms with Crippen LogP contribution in [0.15, 0.2) is 72.8 Å². The van der Waals surface area contributed by atoms with Gasteiger partial charge >= 0.3 is 0 Å². The van der Waals surface area contributed by atoms with Crippen LogP contribution in [0.1, 0.15) is 17.3 Å². The monoisotopic (exact) mass is 536 g/mol. The number of methoxy groups -OCH3 is 1. The highest BCUT2D eigenvalue weighted by Crippen LogP contribution is 2.34. The van der Waals surface area contributed by atoms with E-state index in [0.717, 1.165) is 11.8 Å². The van der Waals surface area contributed by atoms with Crippen LogP contribution >= 0.6 is 11.6 Å². The number of anilines is 2. The van der Waals surface area contributed by atoms with Gasteiger partial charge in [0.15, 0.2) is 5.83 Å². The van der Waals surface area contributed by atoms with Crippen molar-refractivity contribution < 1.29 is 18.7 Å². The largest absolute Gasteiger partial charge is 0.496 e. The van der Waals surface area contributed by atoms with Crippen molar-refractivity contribution in [2.45, 2.75) is 12.6 Å². The molecule has 0 saturated heterocycles. The Hall–Kier alpha value is -4.28. The maximum absolute atomic E-state index is 14.1. The Morgan fingerprint density at radius 3 is 2.66 bits per heavy atom. The second-order valence-electron chi connectivity index (χ2n) is 8.51. The molecule has 1 amide bonds. The zero-order chi connectivity index (χ0) is 27.2. The van der Waals surface area contributed by atoms with E-state index < -0.39 is 17.8 Å². The topological polar surface area (TPSA) is 115 Å². The predicted molar refractivity (Wildman–Crippen MR) is 144 cm³/mol. The van der Waals surface area contributed by atoms with Crippen LogP contribution < -0.4 is 20.5 Å². The first-order valence-corrected chi connectivity index (χ1v) is 11.9. The number of aromatic nitrogens is 3. The predicted octanol–water partition coefficient (Wildman–Crippen LogP) is 4.95. The van der Waals surface area contributed by atoms with Crippen molar-refractivity contribution in [3.63, 3.8) is 0 Å². The van der Waals surface area contributed by atoms with Crippen molar-refractivity contribution in [2.75, 3.05) is 26.5 Å². The Balaban J connectivity index is 1.56. The lowest BCUT2D eigenvalue weighted by atomic mass is 10.0. The van der Waals surface area contributed by atoms with Gasteiger partial charge < -0.3 is 20.5 Å². The summed E-state index contributed by atoms with van der Waals surface area (Å²) < 4.78 is 25.4. The van der Waals surface area contributed by atoms with Gasteiger partial charge in [0.05, 0.1) is 29.4 Å². The summed E-state index contributed by atoms with van der Waals surface area (Å²) in [6, 6.07) is 13.8. The molecule has 3 N–H and O–H groups in total. The van der Waals surface area contributed by atoms with E-state index in [1.165, 1.54) is 7.11 Å². The first-order chi connectivity index (χ1) is 18.2. The summed E-state index contributed by atoms with van der Waals surface area (Å²) >= 11 is 6.42. The Bertz CT molecular complexity index is 1480. The van der Waals surface area contributed by atoms with Gasteiger partial charge in [-0.05, 0) is 56.6 Å². The molecule has 11 heteroatoms. The SMILES string of the molecule is COc1cc2nc(Nc3ccc(OCc4ccccn4)c(Cl)c3)ncc2cc1C(C=C(F)C(N)=O)N(C)C. The maximum atomic E-state index is 14.1. The Morgan fingerprint density at radius 2 is 2.00 bits per heavy atom. The van der Waals surface area contributed by atoms with Crippen LogP contribution in [-0.2, 0) is 11.4 Å². The van der Waals surface area contributed by atoms with Gasteiger partial charge in [0, 0.05) is 35.1 Å². The summed E-state index contributed by atoms with van der Waals surface area (Å²) in [4.78, 5) is 26.2. The van der Waals surface area contributed by atoms with Crippen molar-refractivity contribution >= 4 is 40.0 Å². The first kappa shape index (κ1) is 26.8. The first-order valence-electron chi connectivity index (χ1n) is 11.5. The van der Waals surface area contributed by atoms with Gasteiger partial charge in [0.25, 0.3) is 5.91 Å². The summed E-state index contributed by atoms with van der Waals surface area (Å²) in [5, 5.41) is 4.25. The number of hydrogen-bond acceptors (Lipinski definition) is 8. The number of carbonyl (C=O) groups is 1. The molecular formula is C27H26ClFN6O3. The highest BCUT2D eigenvalue weighted by Gasteiger charge is 2.20. The Morgan fingerprint density at radius 1 is 1.18 bits per heavy atom. The number of carbonyl (C=O) groups excluding carboxylic acids is 1. The van der Waals surface area contributed by atoms with Crippen LogP contribution in [0.2, 0.25) is 5.02 Å². The third-order valence-electron chi connectivity index (χ3n) is 5.64. The van der Waals surface area contributed by atoms with Gasteiger partial charge in [0.2, 0.25) is 5.95 Å². The van der Waals surface area contributed by atoms with Crippen molar-refractivity contribution in [3.8, 4) is 11.5 Å². The van der Waals surface area contributed by atoms with Crippen molar-refractivity contribution in [3.05, 3.63) is 89.1 Å². The molecule has 38 heavy (non-hydrogen) atoms. The average Bonchev–Trinajstić information content (AvgIpc) is 2.90. The second-order valence-corrected chi connectivity index (χ2v) is 8.92.